The van der Waals surface area contributed by atoms with E-state index in [0.717, 1.165) is 19.6 Å². The van der Waals surface area contributed by atoms with E-state index in [1.165, 1.54) is 0 Å². The molecular formula is C10H23N2O6P. The number of quaternary nitrogens is 1. The lowest BCUT2D eigenvalue weighted by Gasteiger charge is -2.41. The van der Waals surface area contributed by atoms with Crippen LogP contribution in [0.2, 0.25) is 0 Å². The third-order valence-corrected chi connectivity index (χ3v) is 3.72. The lowest BCUT2D eigenvalue weighted by molar-refractivity contribution is -0.935. The molecule has 0 aromatic carbocycles. The zero-order chi connectivity index (χ0) is 14.2. The second-order valence-corrected chi connectivity index (χ2v) is 5.75. The van der Waals surface area contributed by atoms with Crippen molar-refractivity contribution in [3.05, 3.63) is 0 Å². The third kappa shape index (κ3) is 7.34. The first kappa shape index (κ1) is 17.0. The number of nitrogens with zero attached hydrogens (tertiary/aromatic N) is 1. The molecule has 1 heterocycles. The van der Waals surface area contributed by atoms with E-state index in [9.17, 15) is 9.46 Å². The molecule has 8 nitrogen and oxygen atoms in total. The highest BCUT2D eigenvalue weighted by atomic mass is 31.2. The zero-order valence-electron chi connectivity index (χ0n) is 11.0. The number of ether oxygens (including phenoxy) is 2. The molecule has 19 heavy (non-hydrogen) atoms. The van der Waals surface area contributed by atoms with Crippen LogP contribution < -0.4 is 10.6 Å². The minimum Gasteiger partial charge on any atom is -0.756 e. The number of nitrogens with two attached hydrogens (primary N) is 1. The maximum absolute atomic E-state index is 10.6. The molecule has 3 N–H and O–H groups in total. The highest BCUT2D eigenvalue weighted by Gasteiger charge is 2.30. The molecule has 1 fully saturated rings. The van der Waals surface area contributed by atoms with Crippen LogP contribution in [0.3, 0.4) is 0 Å². The summed E-state index contributed by atoms with van der Waals surface area (Å²) in [7, 11) is -4.64. The maximum Gasteiger partial charge on any atom is 0.265 e. The molecular weight excluding hydrogens is 275 g/mol. The van der Waals surface area contributed by atoms with Crippen molar-refractivity contribution < 1.29 is 32.8 Å². The normalized spacial score (nSPS) is 22.1. The van der Waals surface area contributed by atoms with Gasteiger partial charge in [-0.1, -0.05) is 0 Å². The summed E-state index contributed by atoms with van der Waals surface area (Å²) < 4.78 is 26.3. The fraction of sp³-hybridized carbons (Fsp3) is 1.00. The van der Waals surface area contributed by atoms with Crippen LogP contribution in [0.15, 0.2) is 0 Å². The molecule has 1 aliphatic heterocycles. The van der Waals surface area contributed by atoms with Gasteiger partial charge in [-0.2, -0.15) is 0 Å². The Hall–Kier alpha value is -0.0500. The number of morpholine rings is 1. The molecule has 1 unspecified atom stereocenters. The van der Waals surface area contributed by atoms with Gasteiger partial charge in [0.15, 0.2) is 0 Å². The maximum atomic E-state index is 10.6. The molecule has 1 atom stereocenters. The van der Waals surface area contributed by atoms with Crippen LogP contribution in [-0.2, 0) is 18.6 Å². The first-order valence-corrected chi connectivity index (χ1v) is 7.86. The summed E-state index contributed by atoms with van der Waals surface area (Å²) in [6.45, 7) is 5.60. The van der Waals surface area contributed by atoms with Gasteiger partial charge in [-0.25, -0.2) is 0 Å². The summed E-state index contributed by atoms with van der Waals surface area (Å²) in [6, 6.07) is 0. The van der Waals surface area contributed by atoms with Gasteiger partial charge in [0.25, 0.3) is 7.82 Å². The summed E-state index contributed by atoms with van der Waals surface area (Å²) in [5, 5.41) is 0. The topological polar surface area (TPSA) is 114 Å². The molecule has 0 saturated carbocycles. The van der Waals surface area contributed by atoms with E-state index in [2.05, 4.69) is 4.52 Å². The van der Waals surface area contributed by atoms with Crippen LogP contribution in [0.1, 0.15) is 0 Å². The molecule has 0 aromatic rings. The van der Waals surface area contributed by atoms with Crippen LogP contribution in [-0.4, -0.2) is 75.1 Å². The SMILES string of the molecule is NCCOCC[N+]1(CCOP(=O)([O-])O)CCOCC1. The minimum absolute atomic E-state index is 0.0336. The Balaban J connectivity index is 2.38. The van der Waals surface area contributed by atoms with E-state index in [0.29, 0.717) is 44.0 Å². The summed E-state index contributed by atoms with van der Waals surface area (Å²) in [5.41, 5.74) is 5.35. The minimum atomic E-state index is -4.64. The fourth-order valence-electron chi connectivity index (χ4n) is 2.08. The van der Waals surface area contributed by atoms with Gasteiger partial charge in [0.1, 0.15) is 32.8 Å². The van der Waals surface area contributed by atoms with Gasteiger partial charge in [0.05, 0.1) is 26.4 Å². The van der Waals surface area contributed by atoms with Crippen molar-refractivity contribution in [2.75, 3.05) is 65.8 Å². The summed E-state index contributed by atoms with van der Waals surface area (Å²) in [5.74, 6) is 0. The van der Waals surface area contributed by atoms with Crippen LogP contribution >= 0.6 is 7.82 Å². The second-order valence-electron chi connectivity index (χ2n) is 4.55. The molecule has 0 amide bonds. The van der Waals surface area contributed by atoms with Crippen LogP contribution in [0.4, 0.5) is 0 Å². The third-order valence-electron chi connectivity index (χ3n) is 3.21. The standard InChI is InChI=1S/C10H23N2O6P/c11-1-6-16-7-2-12(3-8-17-9-4-12)5-10-18-19(13,14)15/h1-11H2,(H-,13,14,15). The Kier molecular flexibility index (Phi) is 7.41. The quantitative estimate of drug-likeness (QED) is 0.296. The zero-order valence-corrected chi connectivity index (χ0v) is 11.9. The van der Waals surface area contributed by atoms with Crippen molar-refractivity contribution in [3.63, 3.8) is 0 Å². The van der Waals surface area contributed by atoms with Crippen LogP contribution in [0.25, 0.3) is 0 Å². The lowest BCUT2D eigenvalue weighted by Crippen LogP contribution is -2.58. The fourth-order valence-corrected chi connectivity index (χ4v) is 2.40. The van der Waals surface area contributed by atoms with Gasteiger partial charge in [0.2, 0.25) is 0 Å². The Morgan fingerprint density at radius 2 is 1.89 bits per heavy atom. The van der Waals surface area contributed by atoms with E-state index in [4.69, 9.17) is 20.1 Å². The van der Waals surface area contributed by atoms with Gasteiger partial charge >= 0.3 is 0 Å². The summed E-state index contributed by atoms with van der Waals surface area (Å²) >= 11 is 0. The highest BCUT2D eigenvalue weighted by molar-refractivity contribution is 7.44. The molecule has 0 bridgehead atoms. The van der Waals surface area contributed by atoms with Crippen molar-refractivity contribution in [1.82, 2.24) is 0 Å². The van der Waals surface area contributed by atoms with Gasteiger partial charge < -0.3 is 34.0 Å². The Morgan fingerprint density at radius 3 is 2.47 bits per heavy atom. The van der Waals surface area contributed by atoms with Gasteiger partial charge in [-0.15, -0.1) is 0 Å². The van der Waals surface area contributed by atoms with Gasteiger partial charge in [-0.3, -0.25) is 4.57 Å². The van der Waals surface area contributed by atoms with Crippen molar-refractivity contribution in [2.45, 2.75) is 0 Å². The molecule has 1 aliphatic rings. The summed E-state index contributed by atoms with van der Waals surface area (Å²) in [4.78, 5) is 19.2. The molecule has 1 rings (SSSR count). The Labute approximate surface area is 113 Å². The average Bonchev–Trinajstić information content (AvgIpc) is 2.34. The first-order chi connectivity index (χ1) is 8.97. The molecule has 0 aliphatic carbocycles. The monoisotopic (exact) mass is 298 g/mol. The predicted molar refractivity (Wildman–Crippen MR) is 66.2 cm³/mol. The van der Waals surface area contributed by atoms with Gasteiger partial charge in [-0.05, 0) is 0 Å². The number of phosphoric acid groups is 1. The number of phosphoric ester groups is 1. The van der Waals surface area contributed by atoms with Crippen LogP contribution in [0, 0.1) is 0 Å². The van der Waals surface area contributed by atoms with E-state index < -0.39 is 7.82 Å². The van der Waals surface area contributed by atoms with E-state index >= 15 is 0 Å². The van der Waals surface area contributed by atoms with Crippen molar-refractivity contribution in [3.8, 4) is 0 Å². The van der Waals surface area contributed by atoms with Crippen LogP contribution in [0.5, 0.6) is 0 Å². The second kappa shape index (κ2) is 8.28. The van der Waals surface area contributed by atoms with E-state index in [1.54, 1.807) is 0 Å². The molecule has 0 radical (unpaired) electrons. The largest absolute Gasteiger partial charge is 0.756 e. The van der Waals surface area contributed by atoms with Crippen molar-refractivity contribution >= 4 is 7.82 Å². The number of hydrogen-bond donors (Lipinski definition) is 2. The first-order valence-electron chi connectivity index (χ1n) is 6.36. The Morgan fingerprint density at radius 1 is 1.26 bits per heavy atom. The van der Waals surface area contributed by atoms with Crippen molar-refractivity contribution in [1.29, 1.82) is 0 Å². The molecule has 1 saturated heterocycles. The summed E-state index contributed by atoms with van der Waals surface area (Å²) in [6.07, 6.45) is 0. The van der Waals surface area contributed by atoms with E-state index in [1.807, 2.05) is 0 Å². The molecule has 9 heteroatoms. The Bertz CT molecular complexity index is 292. The molecule has 0 spiro atoms. The van der Waals surface area contributed by atoms with Crippen molar-refractivity contribution in [2.24, 2.45) is 5.73 Å². The number of rotatable bonds is 9. The average molecular weight is 298 g/mol. The van der Waals surface area contributed by atoms with Gasteiger partial charge in [0, 0.05) is 6.54 Å². The predicted octanol–water partition coefficient (Wildman–Crippen LogP) is -1.71. The number of hydrogen-bond acceptors (Lipinski definition) is 6. The van der Waals surface area contributed by atoms with E-state index in [-0.39, 0.29) is 6.61 Å². The smallest absolute Gasteiger partial charge is 0.265 e. The molecule has 114 valence electrons. The molecule has 0 aromatic heterocycles. The lowest BCUT2D eigenvalue weighted by atomic mass is 10.3. The highest BCUT2D eigenvalue weighted by Crippen LogP contribution is 2.30.